The molecule has 7 N–H and O–H groups in total. The molecular formula is C53H56Cl2N6O10. The maximum absolute atomic E-state index is 11.8. The lowest BCUT2D eigenvalue weighted by Gasteiger charge is -2.20. The van der Waals surface area contributed by atoms with Gasteiger partial charge < -0.3 is 44.8 Å². The number of carboxylic acids is 2. The molecule has 6 aromatic rings. The molecule has 0 fully saturated rings. The first kappa shape index (κ1) is 53.4. The van der Waals surface area contributed by atoms with E-state index >= 15 is 0 Å². The zero-order valence-electron chi connectivity index (χ0n) is 39.8. The fourth-order valence-corrected chi connectivity index (χ4v) is 8.14. The normalized spacial score (nSPS) is 13.0. The van der Waals surface area contributed by atoms with Crippen molar-refractivity contribution in [3.05, 3.63) is 163 Å². The molecule has 16 nitrogen and oxygen atoms in total. The van der Waals surface area contributed by atoms with Crippen LogP contribution in [0.2, 0.25) is 10.0 Å². The van der Waals surface area contributed by atoms with Gasteiger partial charge in [-0.25, -0.2) is 0 Å². The number of nitrogens with zero attached hydrogens (tertiary/aromatic N) is 3. The lowest BCUT2D eigenvalue weighted by molar-refractivity contribution is -0.143. The lowest BCUT2D eigenvalue weighted by Crippen LogP contribution is -2.44. The molecule has 0 unspecified atom stereocenters. The molecule has 0 radical (unpaired) electrons. The highest BCUT2D eigenvalue weighted by molar-refractivity contribution is 6.32. The molecule has 4 atom stereocenters. The van der Waals surface area contributed by atoms with Gasteiger partial charge in [0.05, 0.1) is 22.3 Å². The van der Waals surface area contributed by atoms with E-state index in [9.17, 15) is 30.0 Å². The molecule has 2 aromatic heterocycles. The number of aromatic nitrogens is 2. The second kappa shape index (κ2) is 25.3. The summed E-state index contributed by atoms with van der Waals surface area (Å²) in [6.45, 7) is 7.37. The number of aliphatic imine (C=N–C) groups is 1. The topological polar surface area (TPSA) is 238 Å². The van der Waals surface area contributed by atoms with Crippen molar-refractivity contribution in [2.75, 3.05) is 7.05 Å². The number of aliphatic hydroxyl groups excluding tert-OH is 2. The van der Waals surface area contributed by atoms with Crippen LogP contribution >= 0.6 is 23.2 Å². The van der Waals surface area contributed by atoms with Crippen molar-refractivity contribution >= 4 is 47.6 Å². The Labute approximate surface area is 421 Å². The van der Waals surface area contributed by atoms with E-state index in [-0.39, 0.29) is 49.6 Å². The average molecular weight is 1010 g/mol. The van der Waals surface area contributed by atoms with Gasteiger partial charge in [-0.3, -0.25) is 35.2 Å². The monoisotopic (exact) mass is 1010 g/mol. The molecule has 0 saturated carbocycles. The molecule has 0 amide bonds. The third-order valence-corrected chi connectivity index (χ3v) is 12.2. The number of benzene rings is 4. The van der Waals surface area contributed by atoms with E-state index in [1.54, 1.807) is 68.4 Å². The second-order valence-electron chi connectivity index (χ2n) is 16.8. The largest absolute Gasteiger partial charge is 0.488 e. The highest BCUT2D eigenvalue weighted by atomic mass is 35.5. The summed E-state index contributed by atoms with van der Waals surface area (Å²) in [5.74, 6) is -0.979. The number of hydrogen-bond donors (Lipinski definition) is 7. The first-order valence-corrected chi connectivity index (χ1v) is 23.2. The highest BCUT2D eigenvalue weighted by Gasteiger charge is 2.25. The summed E-state index contributed by atoms with van der Waals surface area (Å²) >= 11 is 13.6. The molecule has 0 aliphatic heterocycles. The second-order valence-corrected chi connectivity index (χ2v) is 17.6. The van der Waals surface area contributed by atoms with Crippen LogP contribution in [-0.2, 0) is 49.1 Å². The van der Waals surface area contributed by atoms with Crippen LogP contribution in [0, 0.1) is 19.3 Å². The number of aliphatic hydroxyl groups is 2. The molecule has 4 aromatic carbocycles. The van der Waals surface area contributed by atoms with E-state index < -0.39 is 36.2 Å². The van der Waals surface area contributed by atoms with Crippen molar-refractivity contribution in [2.45, 2.75) is 91.5 Å². The molecule has 6 rings (SSSR count). The number of ether oxygens (including phenoxy) is 4. The van der Waals surface area contributed by atoms with Gasteiger partial charge in [-0.05, 0) is 85.3 Å². The Bertz CT molecular complexity index is 2880. The minimum atomic E-state index is -1.24. The molecule has 71 heavy (non-hydrogen) atoms. The van der Waals surface area contributed by atoms with Crippen LogP contribution in [0.5, 0.6) is 23.0 Å². The molecule has 2 heterocycles. The summed E-state index contributed by atoms with van der Waals surface area (Å²) in [5.41, 5.74) is 9.64. The molecule has 0 aliphatic carbocycles. The molecule has 18 heteroatoms. The van der Waals surface area contributed by atoms with Gasteiger partial charge in [0, 0.05) is 103 Å². The summed E-state index contributed by atoms with van der Waals surface area (Å²) in [7, 11) is 1.67. The lowest BCUT2D eigenvalue weighted by atomic mass is 9.92. The van der Waals surface area contributed by atoms with Crippen LogP contribution in [0.1, 0.15) is 69.5 Å². The Hall–Kier alpha value is -6.92. The van der Waals surface area contributed by atoms with Crippen LogP contribution in [-0.4, -0.2) is 86.1 Å². The third-order valence-electron chi connectivity index (χ3n) is 11.6. The van der Waals surface area contributed by atoms with Gasteiger partial charge in [0.2, 0.25) is 0 Å². The van der Waals surface area contributed by atoms with Gasteiger partial charge in [-0.1, -0.05) is 59.6 Å². The summed E-state index contributed by atoms with van der Waals surface area (Å²) in [6.07, 6.45) is 7.08. The number of pyridine rings is 2. The molecule has 0 aliphatic rings. The van der Waals surface area contributed by atoms with Crippen LogP contribution in [0.3, 0.4) is 0 Å². The summed E-state index contributed by atoms with van der Waals surface area (Å²) in [5, 5.41) is 53.4. The Morgan fingerprint density at radius 3 is 1.46 bits per heavy atom. The van der Waals surface area contributed by atoms with Crippen molar-refractivity contribution < 1.29 is 49.0 Å². The van der Waals surface area contributed by atoms with Gasteiger partial charge in [-0.15, -0.1) is 0 Å². The fourth-order valence-electron chi connectivity index (χ4n) is 7.65. The number of hydrogen-bond acceptors (Lipinski definition) is 14. The molecule has 0 bridgehead atoms. The van der Waals surface area contributed by atoms with Crippen molar-refractivity contribution in [1.29, 1.82) is 5.41 Å². The smallest absolute Gasteiger partial charge is 0.323 e. The summed E-state index contributed by atoms with van der Waals surface area (Å²) in [6, 6.07) is 19.7. The van der Waals surface area contributed by atoms with Gasteiger partial charge in [0.15, 0.2) is 0 Å². The quantitative estimate of drug-likeness (QED) is 0.0267. The van der Waals surface area contributed by atoms with Crippen molar-refractivity contribution in [1.82, 2.24) is 20.6 Å². The first-order chi connectivity index (χ1) is 34.1. The van der Waals surface area contributed by atoms with Crippen molar-refractivity contribution in [3.63, 3.8) is 0 Å². The number of nitrogens with one attached hydrogen (secondary N) is 3. The van der Waals surface area contributed by atoms with E-state index in [0.29, 0.717) is 45.3 Å². The number of rotatable bonds is 25. The maximum atomic E-state index is 11.8. The van der Waals surface area contributed by atoms with E-state index in [2.05, 4.69) is 25.6 Å². The molecule has 0 spiro atoms. The zero-order valence-corrected chi connectivity index (χ0v) is 41.3. The third kappa shape index (κ3) is 14.3. The zero-order chi connectivity index (χ0) is 51.2. The minimum Gasteiger partial charge on any atom is -0.488 e. The predicted molar refractivity (Wildman–Crippen MR) is 271 cm³/mol. The molecular weight excluding hydrogens is 952 g/mol. The van der Waals surface area contributed by atoms with E-state index in [0.717, 1.165) is 44.5 Å². The standard InChI is InChI=1S/C53H56Cl2N6O10/c1-30-38(28-70-48-16-46(68-26-36-12-34(18-56)20-58-22-36)40(14-44(48)54)24-60-50(32(3)62)52(64)65)8-6-10-42(30)43-11-7-9-39(31(43)2)29-71-49-17-47(69-27-37-13-35(19-57-5)21-59-23-37)41(15-45(49)55)25-61-51(33(4)63)53(66)67/h6-23,32-33,50-51,56,60-63H,24-29H2,1-5H3,(H,64,65)(H,66,67)/b56-18?,57-19+/t32-,33-,50+,51+/m1/s1. The molecule has 372 valence electrons. The minimum absolute atomic E-state index is 0.0125. The van der Waals surface area contributed by atoms with Gasteiger partial charge in [0.1, 0.15) is 61.5 Å². The number of carboxylic acid groups (broad SMARTS) is 2. The van der Waals surface area contributed by atoms with E-state index in [1.807, 2.05) is 56.3 Å². The Kier molecular flexibility index (Phi) is 19.0. The van der Waals surface area contributed by atoms with E-state index in [4.69, 9.17) is 47.6 Å². The number of aliphatic carboxylic acids is 2. The number of halogens is 2. The maximum Gasteiger partial charge on any atom is 0.323 e. The SMILES string of the molecule is C/N=C/c1cncc(COc2cc(OCc3cccc(-c4cccc(COc5cc(OCc6cncc(C=N)c6)c(CN[C@H](C(=O)O)[C@@H](C)O)cc5Cl)c4C)c3C)c(Cl)cc2CN[C@H](C(=O)O)[C@@H](C)O)c1. The van der Waals surface area contributed by atoms with Gasteiger partial charge in [-0.2, -0.15) is 0 Å². The fraction of sp³-hybridized carbons (Fsp3) is 0.283. The van der Waals surface area contributed by atoms with Crippen molar-refractivity contribution in [2.24, 2.45) is 4.99 Å². The van der Waals surface area contributed by atoms with E-state index in [1.165, 1.54) is 20.1 Å². The van der Waals surface area contributed by atoms with Crippen LogP contribution < -0.4 is 29.6 Å². The van der Waals surface area contributed by atoms with Crippen molar-refractivity contribution in [3.8, 4) is 34.1 Å². The Morgan fingerprint density at radius 2 is 1.06 bits per heavy atom. The predicted octanol–water partition coefficient (Wildman–Crippen LogP) is 8.28. The highest BCUT2D eigenvalue weighted by Crippen LogP contribution is 2.37. The van der Waals surface area contributed by atoms with Crippen LogP contribution in [0.4, 0.5) is 0 Å². The van der Waals surface area contributed by atoms with Gasteiger partial charge >= 0.3 is 11.9 Å². The van der Waals surface area contributed by atoms with Crippen LogP contribution in [0.25, 0.3) is 11.1 Å². The number of carbonyl (C=O) groups is 2. The summed E-state index contributed by atoms with van der Waals surface area (Å²) < 4.78 is 25.2. The van der Waals surface area contributed by atoms with Gasteiger partial charge in [0.25, 0.3) is 0 Å². The average Bonchev–Trinajstić information content (AvgIpc) is 3.33. The summed E-state index contributed by atoms with van der Waals surface area (Å²) in [4.78, 5) is 36.2. The Morgan fingerprint density at radius 1 is 0.634 bits per heavy atom. The molecule has 0 saturated heterocycles. The Balaban J connectivity index is 1.21. The first-order valence-electron chi connectivity index (χ1n) is 22.5. The van der Waals surface area contributed by atoms with Crippen LogP contribution in [0.15, 0.2) is 103 Å².